The third-order valence-electron chi connectivity index (χ3n) is 25.9. The van der Waals surface area contributed by atoms with Crippen LogP contribution in [-0.4, -0.2) is 0 Å². The summed E-state index contributed by atoms with van der Waals surface area (Å²) >= 11 is 0. The third kappa shape index (κ3) is 8.24. The summed E-state index contributed by atoms with van der Waals surface area (Å²) in [6, 6.07) is 4.16. The van der Waals surface area contributed by atoms with Gasteiger partial charge in [-0.25, -0.2) is 0 Å². The maximum Gasteiger partial charge on any atom is 0.275 e. The summed E-state index contributed by atoms with van der Waals surface area (Å²) in [5, 5.41) is 0. The van der Waals surface area contributed by atoms with Crippen LogP contribution in [0.25, 0.3) is 0 Å². The number of hydrogen-bond acceptors (Lipinski definition) is 2. The van der Waals surface area contributed by atoms with Crippen molar-refractivity contribution >= 4 is 9.03 Å². The van der Waals surface area contributed by atoms with E-state index in [1.165, 1.54) is 217 Å². The summed E-state index contributed by atoms with van der Waals surface area (Å²) in [6.45, 7) is 68.1. The molecule has 0 atom stereocenters. The molecule has 0 bridgehead atoms. The maximum absolute atomic E-state index is 6.90. The number of hydrogen-bond donors (Lipinski definition) is 0. The van der Waals surface area contributed by atoms with Crippen LogP contribution in [-0.2, 0) is 90.3 Å². The van der Waals surface area contributed by atoms with Crippen LogP contribution in [0.5, 0.6) is 11.5 Å². The second kappa shape index (κ2) is 22.4. The van der Waals surface area contributed by atoms with E-state index in [4.69, 9.17) is 9.05 Å². The second-order valence-corrected chi connectivity index (χ2v) is 28.8. The Kier molecular flexibility index (Phi) is 16.9. The summed E-state index contributed by atoms with van der Waals surface area (Å²) in [4.78, 5) is 0. The van der Waals surface area contributed by atoms with Gasteiger partial charge < -0.3 is 9.05 Å². The molecule has 8 aromatic rings. The molecule has 0 unspecified atom stereocenters. The van der Waals surface area contributed by atoms with Crippen molar-refractivity contribution in [3.05, 3.63) is 256 Å². The summed E-state index contributed by atoms with van der Waals surface area (Å²) < 4.78 is 13.8. The molecule has 0 aromatic heterocycles. The largest absolute Gasteiger partial charge is 0.440 e. The average Bonchev–Trinajstić information content (AvgIpc) is 0.674. The number of fused-ring (bicyclic) bond motifs is 10. The molecule has 1 heterocycles. The predicted molar refractivity (Wildman–Crippen MR) is 367 cm³/mol. The van der Waals surface area contributed by atoms with Crippen LogP contribution in [0.3, 0.4) is 0 Å². The van der Waals surface area contributed by atoms with Gasteiger partial charge in [-0.05, 0) is 417 Å². The fraction of sp³-hybridized carbons (Fsp3) is 0.422. The summed E-state index contributed by atoms with van der Waals surface area (Å²) in [6.07, 6.45) is 3.85. The summed E-state index contributed by atoms with van der Waals surface area (Å²) in [5.74, 6) is 2.08. The standard InChI is InChI=1S/C42H49.C41H47O2P.W.Y/c1-19-16-38-34(27(9)20(19)2)17-35-28(10)21(3)24(6)31(13)39(35)42(38)40-32(14)25(7)22(4)29(11)36(40)18-37-30(12)23(5)26(8)33(15)41(37)42;1-17-19(3)27(11)35-31(23(17)7)15-33-25(9)21(5)29(13)39-37(33)41(35)36-28(12)20(4)18(2)24(8)32(36)16-34-26(10)22(6)30(14)40(38(34)41)43-44-42-39;;/h17-18H2,1-15H3;44H,15-16H2,1-14H3;;/q-1;;;. The maximum atomic E-state index is 6.90. The Labute approximate surface area is 572 Å². The molecule has 0 fully saturated rings. The Morgan fingerprint density at radius 2 is 0.443 bits per heavy atom. The van der Waals surface area contributed by atoms with Crippen LogP contribution in [0, 0.1) is 207 Å². The van der Waals surface area contributed by atoms with E-state index in [1.807, 2.05) is 0 Å². The minimum Gasteiger partial charge on any atom is -0.440 e. The Morgan fingerprint density at radius 3 is 0.716 bits per heavy atom. The number of rotatable bonds is 0. The van der Waals surface area contributed by atoms with Gasteiger partial charge in [-0.2, -0.15) is 22.8 Å². The number of benzene rings is 8. The van der Waals surface area contributed by atoms with Crippen LogP contribution >= 0.6 is 9.03 Å². The first kappa shape index (κ1) is 66.5. The van der Waals surface area contributed by atoms with Crippen LogP contribution in [0.15, 0.2) is 0 Å². The van der Waals surface area contributed by atoms with Gasteiger partial charge in [-0.3, -0.25) is 0 Å². The van der Waals surface area contributed by atoms with E-state index in [-0.39, 0.29) is 62.8 Å². The first-order chi connectivity index (χ1) is 40.3. The molecule has 4 aliphatic carbocycles. The third-order valence-corrected chi connectivity index (χ3v) is 26.4. The molecule has 1 radical (unpaired) electrons. The molecule has 1 aliphatic heterocycles. The molecular formula is C83H96O2PWY-. The molecule has 455 valence electrons. The Balaban J connectivity index is 0.000000190. The van der Waals surface area contributed by atoms with Gasteiger partial charge in [0.25, 0.3) is 9.03 Å². The van der Waals surface area contributed by atoms with Gasteiger partial charge >= 0.3 is 0 Å². The molecule has 0 saturated heterocycles. The van der Waals surface area contributed by atoms with Crippen molar-refractivity contribution in [3.8, 4) is 11.5 Å². The first-order valence-electron chi connectivity index (χ1n) is 32.1. The molecule has 88 heavy (non-hydrogen) atoms. The van der Waals surface area contributed by atoms with Crippen molar-refractivity contribution in [1.29, 1.82) is 0 Å². The van der Waals surface area contributed by atoms with E-state index in [0.717, 1.165) is 37.2 Å². The molecular weight excluding hydrogens is 1330 g/mol. The topological polar surface area (TPSA) is 18.5 Å². The Hall–Kier alpha value is -4.42. The van der Waals surface area contributed by atoms with E-state index >= 15 is 0 Å². The summed E-state index contributed by atoms with van der Waals surface area (Å²) in [5.41, 5.74) is 63.8. The molecule has 5 aliphatic rings. The monoisotopic (exact) mass is 1430 g/mol. The van der Waals surface area contributed by atoms with Gasteiger partial charge in [0.1, 0.15) is 11.5 Å². The van der Waals surface area contributed by atoms with E-state index in [9.17, 15) is 0 Å². The molecule has 13 rings (SSSR count). The van der Waals surface area contributed by atoms with Crippen molar-refractivity contribution in [2.45, 2.75) is 237 Å². The van der Waals surface area contributed by atoms with Gasteiger partial charge in [0.15, 0.2) is 0 Å². The summed E-state index contributed by atoms with van der Waals surface area (Å²) in [7, 11) is -0.0899. The second-order valence-electron chi connectivity index (χ2n) is 28.2. The normalized spacial score (nSPS) is 14.6. The van der Waals surface area contributed by atoms with Gasteiger partial charge in [0, 0.05) is 70.3 Å². The molecule has 5 heteroatoms. The fourth-order valence-corrected chi connectivity index (χ4v) is 19.1. The van der Waals surface area contributed by atoms with Gasteiger partial charge in [0.2, 0.25) is 0 Å². The van der Waals surface area contributed by atoms with Crippen LogP contribution in [0.4, 0.5) is 0 Å². The quantitative estimate of drug-likeness (QED) is 0.111. The smallest absolute Gasteiger partial charge is 0.275 e. The Bertz CT molecular complexity index is 4210. The van der Waals surface area contributed by atoms with Gasteiger partial charge in [-0.1, -0.05) is 20.8 Å². The van der Waals surface area contributed by atoms with E-state index in [1.54, 1.807) is 33.4 Å². The zero-order valence-electron chi connectivity index (χ0n) is 59.1. The van der Waals surface area contributed by atoms with Crippen molar-refractivity contribution in [1.82, 2.24) is 0 Å². The molecule has 2 nitrogen and oxygen atoms in total. The van der Waals surface area contributed by atoms with Crippen LogP contribution in [0.2, 0.25) is 0 Å². The Morgan fingerprint density at radius 1 is 0.239 bits per heavy atom. The predicted octanol–water partition coefficient (Wildman–Crippen LogP) is 20.8. The van der Waals surface area contributed by atoms with E-state index in [2.05, 4.69) is 207 Å². The molecule has 0 amide bonds. The van der Waals surface area contributed by atoms with E-state index < -0.39 is 10.8 Å². The minimum atomic E-state index is -0.547. The molecule has 0 N–H and O–H groups in total. The first-order valence-corrected chi connectivity index (χ1v) is 33.0. The van der Waals surface area contributed by atoms with Gasteiger partial charge in [0.05, 0.1) is 5.41 Å². The molecule has 8 aromatic carbocycles. The van der Waals surface area contributed by atoms with Crippen LogP contribution in [0.1, 0.15) is 250 Å². The van der Waals surface area contributed by atoms with Crippen LogP contribution < -0.4 is 9.05 Å². The average molecular weight is 1430 g/mol. The van der Waals surface area contributed by atoms with Crippen molar-refractivity contribution < 1.29 is 62.8 Å². The minimum absolute atomic E-state index is 0. The zero-order chi connectivity index (χ0) is 62.8. The molecule has 2 spiro atoms. The van der Waals surface area contributed by atoms with Gasteiger partial charge in [-0.15, -0.1) is 11.1 Å². The van der Waals surface area contributed by atoms with E-state index in [0.29, 0.717) is 0 Å². The van der Waals surface area contributed by atoms with Crippen molar-refractivity contribution in [3.63, 3.8) is 0 Å². The van der Waals surface area contributed by atoms with Crippen molar-refractivity contribution in [2.75, 3.05) is 0 Å². The zero-order valence-corrected chi connectivity index (χ0v) is 65.9. The van der Waals surface area contributed by atoms with Crippen molar-refractivity contribution in [2.24, 2.45) is 0 Å². The SMILES string of the molecule is Cc1[c-]c2c(c(C)c1C)Cc1c(C)c(C)c(C)c(C)c1C21c2c(C)c(C)c(C)c(C)c2Cc2c(C)c(C)c(C)c(C)c21.Cc1c(C)c(C)c2c(c1C)Cc1c(C)c(C)c(C)c3c1C21c2c(C)c(C)c(C)c(C)c2Cc2c(C)c(C)c(C)c(c21)OPO3.[W].[Y]. The number of aryl methyl sites for hydroxylation is 1. The fourth-order valence-electron chi connectivity index (χ4n) is 18.4. The molecule has 0 saturated carbocycles.